The van der Waals surface area contributed by atoms with E-state index >= 15 is 0 Å². The van der Waals surface area contributed by atoms with Crippen LogP contribution in [0.15, 0.2) is 48.5 Å². The molecule has 24 heavy (non-hydrogen) atoms. The Labute approximate surface area is 140 Å². The van der Waals surface area contributed by atoms with E-state index in [1.165, 1.54) is 0 Å². The van der Waals surface area contributed by atoms with Crippen molar-refractivity contribution in [2.75, 3.05) is 37.9 Å². The third kappa shape index (κ3) is 4.74. The maximum Gasteiger partial charge on any atom is 0.338 e. The molecule has 2 aromatic carbocycles. The first-order valence-corrected chi connectivity index (χ1v) is 7.54. The fourth-order valence-electron chi connectivity index (χ4n) is 1.98. The molecule has 126 valence electrons. The Bertz CT molecular complexity index is 620. The lowest BCUT2D eigenvalue weighted by molar-refractivity contribution is 0.0265. The Hall–Kier alpha value is -3.02. The van der Waals surface area contributed by atoms with Gasteiger partial charge >= 0.3 is 11.9 Å². The Morgan fingerprint density at radius 1 is 0.708 bits per heavy atom. The first-order valence-electron chi connectivity index (χ1n) is 7.54. The van der Waals surface area contributed by atoms with Gasteiger partial charge in [-0.2, -0.15) is 0 Å². The second kappa shape index (κ2) is 8.57. The van der Waals surface area contributed by atoms with Gasteiger partial charge in [-0.15, -0.1) is 0 Å². The quantitative estimate of drug-likeness (QED) is 0.601. The molecule has 0 spiro atoms. The maximum atomic E-state index is 11.8. The van der Waals surface area contributed by atoms with Gasteiger partial charge in [0.2, 0.25) is 0 Å². The van der Waals surface area contributed by atoms with E-state index in [2.05, 4.69) is 10.6 Å². The van der Waals surface area contributed by atoms with Gasteiger partial charge in [-0.3, -0.25) is 0 Å². The zero-order chi connectivity index (χ0) is 17.4. The van der Waals surface area contributed by atoms with E-state index in [0.29, 0.717) is 11.1 Å². The van der Waals surface area contributed by atoms with Crippen LogP contribution >= 0.6 is 0 Å². The van der Waals surface area contributed by atoms with Crippen LogP contribution in [0.1, 0.15) is 20.7 Å². The van der Waals surface area contributed by atoms with E-state index in [1.54, 1.807) is 62.6 Å². The molecule has 0 saturated heterocycles. The molecule has 0 radical (unpaired) electrons. The van der Waals surface area contributed by atoms with Gasteiger partial charge < -0.3 is 20.1 Å². The fraction of sp³-hybridized carbons (Fsp3) is 0.222. The number of carbonyl (C=O) groups excluding carboxylic acids is 2. The van der Waals surface area contributed by atoms with E-state index in [-0.39, 0.29) is 13.2 Å². The predicted octanol–water partition coefficient (Wildman–Crippen LogP) is 2.78. The standard InChI is InChI=1S/C18H20N2O4/c1-19-15-7-3-13(4-8-15)17(21)23-11-12-24-18(22)14-5-9-16(20-2)10-6-14/h3-10,19-20H,11-12H2,1-2H3. The highest BCUT2D eigenvalue weighted by Gasteiger charge is 2.09. The number of ether oxygens (including phenoxy) is 2. The van der Waals surface area contributed by atoms with Crippen LogP contribution < -0.4 is 10.6 Å². The molecule has 2 rings (SSSR count). The van der Waals surface area contributed by atoms with Crippen molar-refractivity contribution < 1.29 is 19.1 Å². The summed E-state index contributed by atoms with van der Waals surface area (Å²) in [5.41, 5.74) is 2.71. The Balaban J connectivity index is 1.74. The van der Waals surface area contributed by atoms with Crippen LogP contribution in [0, 0.1) is 0 Å². The molecule has 0 heterocycles. The van der Waals surface area contributed by atoms with E-state index in [9.17, 15) is 9.59 Å². The van der Waals surface area contributed by atoms with Crippen LogP contribution in [0.5, 0.6) is 0 Å². The summed E-state index contributed by atoms with van der Waals surface area (Å²) in [4.78, 5) is 23.7. The zero-order valence-corrected chi connectivity index (χ0v) is 13.7. The lowest BCUT2D eigenvalue weighted by Gasteiger charge is -2.07. The molecule has 0 unspecified atom stereocenters. The second-order valence-electron chi connectivity index (χ2n) is 4.93. The molecule has 0 aromatic heterocycles. The molecule has 6 nitrogen and oxygen atoms in total. The summed E-state index contributed by atoms with van der Waals surface area (Å²) in [6.07, 6.45) is 0. The molecule has 2 aromatic rings. The Kier molecular flexibility index (Phi) is 6.19. The summed E-state index contributed by atoms with van der Waals surface area (Å²) in [7, 11) is 3.60. The summed E-state index contributed by atoms with van der Waals surface area (Å²) >= 11 is 0. The molecule has 0 aliphatic carbocycles. The number of carbonyl (C=O) groups is 2. The van der Waals surface area contributed by atoms with E-state index < -0.39 is 11.9 Å². The topological polar surface area (TPSA) is 76.7 Å². The zero-order valence-electron chi connectivity index (χ0n) is 13.7. The van der Waals surface area contributed by atoms with Crippen LogP contribution in [-0.2, 0) is 9.47 Å². The average Bonchev–Trinajstić information content (AvgIpc) is 2.65. The van der Waals surface area contributed by atoms with Crippen LogP contribution in [-0.4, -0.2) is 39.2 Å². The highest BCUT2D eigenvalue weighted by molar-refractivity contribution is 5.90. The van der Waals surface area contributed by atoms with Crippen molar-refractivity contribution in [2.24, 2.45) is 0 Å². The molecule has 0 aliphatic rings. The van der Waals surface area contributed by atoms with Gasteiger partial charge in [-0.1, -0.05) is 0 Å². The SMILES string of the molecule is CNc1ccc(C(=O)OCCOC(=O)c2ccc(NC)cc2)cc1. The number of benzene rings is 2. The maximum absolute atomic E-state index is 11.8. The third-order valence-corrected chi connectivity index (χ3v) is 3.37. The molecular formula is C18H20N2O4. The van der Waals surface area contributed by atoms with Crippen molar-refractivity contribution in [1.29, 1.82) is 0 Å². The molecule has 2 N–H and O–H groups in total. The van der Waals surface area contributed by atoms with Gasteiger partial charge in [0.1, 0.15) is 13.2 Å². The molecule has 0 atom stereocenters. The number of hydrogen-bond donors (Lipinski definition) is 2. The van der Waals surface area contributed by atoms with Crippen molar-refractivity contribution >= 4 is 23.3 Å². The van der Waals surface area contributed by atoms with Crippen molar-refractivity contribution in [3.63, 3.8) is 0 Å². The van der Waals surface area contributed by atoms with Crippen molar-refractivity contribution in [1.82, 2.24) is 0 Å². The third-order valence-electron chi connectivity index (χ3n) is 3.37. The van der Waals surface area contributed by atoms with Crippen molar-refractivity contribution in [3.8, 4) is 0 Å². The largest absolute Gasteiger partial charge is 0.458 e. The van der Waals surface area contributed by atoms with Gasteiger partial charge in [0.05, 0.1) is 11.1 Å². The first-order chi connectivity index (χ1) is 11.6. The number of rotatable bonds is 7. The minimum absolute atomic E-state index is 0.00690. The predicted molar refractivity (Wildman–Crippen MR) is 92.5 cm³/mol. The van der Waals surface area contributed by atoms with Gasteiger partial charge in [0, 0.05) is 25.5 Å². The van der Waals surface area contributed by atoms with Crippen LogP contribution in [0.2, 0.25) is 0 Å². The van der Waals surface area contributed by atoms with Crippen LogP contribution in [0.25, 0.3) is 0 Å². The number of esters is 2. The Morgan fingerprint density at radius 3 is 1.33 bits per heavy atom. The summed E-state index contributed by atoms with van der Waals surface area (Å²) < 4.78 is 10.2. The number of hydrogen-bond acceptors (Lipinski definition) is 6. The molecule has 6 heteroatoms. The molecule has 0 fully saturated rings. The first kappa shape index (κ1) is 17.3. The summed E-state index contributed by atoms with van der Waals surface area (Å²) in [6, 6.07) is 13.8. The van der Waals surface area contributed by atoms with Gasteiger partial charge in [0.15, 0.2) is 0 Å². The lowest BCUT2D eigenvalue weighted by Crippen LogP contribution is -2.14. The van der Waals surface area contributed by atoms with E-state index in [4.69, 9.17) is 9.47 Å². The normalized spacial score (nSPS) is 9.92. The van der Waals surface area contributed by atoms with Crippen LogP contribution in [0.4, 0.5) is 11.4 Å². The van der Waals surface area contributed by atoms with E-state index in [1.807, 2.05) is 0 Å². The lowest BCUT2D eigenvalue weighted by atomic mass is 10.2. The molecule has 0 amide bonds. The smallest absolute Gasteiger partial charge is 0.338 e. The summed E-state index contributed by atoms with van der Waals surface area (Å²) in [5, 5.41) is 5.93. The monoisotopic (exact) mass is 328 g/mol. The minimum atomic E-state index is -0.452. The molecular weight excluding hydrogens is 308 g/mol. The van der Waals surface area contributed by atoms with Gasteiger partial charge in [-0.25, -0.2) is 9.59 Å². The van der Waals surface area contributed by atoms with Crippen molar-refractivity contribution in [2.45, 2.75) is 0 Å². The fourth-order valence-corrected chi connectivity index (χ4v) is 1.98. The summed E-state index contributed by atoms with van der Waals surface area (Å²) in [5.74, 6) is -0.904. The second-order valence-corrected chi connectivity index (χ2v) is 4.93. The number of anilines is 2. The van der Waals surface area contributed by atoms with Crippen LogP contribution in [0.3, 0.4) is 0 Å². The highest BCUT2D eigenvalue weighted by Crippen LogP contribution is 2.11. The van der Waals surface area contributed by atoms with Crippen molar-refractivity contribution in [3.05, 3.63) is 59.7 Å². The highest BCUT2D eigenvalue weighted by atomic mass is 16.6. The molecule has 0 bridgehead atoms. The molecule has 0 saturated carbocycles. The van der Waals surface area contributed by atoms with E-state index in [0.717, 1.165) is 11.4 Å². The Morgan fingerprint density at radius 2 is 1.04 bits per heavy atom. The average molecular weight is 328 g/mol. The minimum Gasteiger partial charge on any atom is -0.458 e. The molecule has 0 aliphatic heterocycles. The van der Waals surface area contributed by atoms with Gasteiger partial charge in [0.25, 0.3) is 0 Å². The summed E-state index contributed by atoms with van der Waals surface area (Å²) in [6.45, 7) is 0.0138. The van der Waals surface area contributed by atoms with Gasteiger partial charge in [-0.05, 0) is 48.5 Å². The number of nitrogens with one attached hydrogen (secondary N) is 2.